The lowest BCUT2D eigenvalue weighted by atomic mass is 9.51. The summed E-state index contributed by atoms with van der Waals surface area (Å²) in [5, 5.41) is 0. The molecular weight excluding hydrogens is 234 g/mol. The molecule has 5 fully saturated rings. The van der Waals surface area contributed by atoms with Crippen LogP contribution in [0.4, 0.5) is 0 Å². The number of likely N-dealkylation sites (tertiary alicyclic amines) is 1. The Labute approximate surface area is 116 Å². The second-order valence-electron chi connectivity index (χ2n) is 7.70. The molecule has 2 heteroatoms. The topological polar surface area (TPSA) is 20.3 Å². The molecule has 5 rings (SSSR count). The number of carbonyl (C=O) groups is 1. The molecule has 0 unspecified atom stereocenters. The second kappa shape index (κ2) is 4.79. The summed E-state index contributed by atoms with van der Waals surface area (Å²) in [6.45, 7) is 2.09. The van der Waals surface area contributed by atoms with E-state index in [-0.39, 0.29) is 0 Å². The van der Waals surface area contributed by atoms with E-state index in [1.165, 1.54) is 57.8 Å². The number of hydrogen-bond donors (Lipinski definition) is 0. The quantitative estimate of drug-likeness (QED) is 0.708. The zero-order valence-corrected chi connectivity index (χ0v) is 12.0. The fraction of sp³-hybridized carbons (Fsp3) is 0.941. The van der Waals surface area contributed by atoms with Gasteiger partial charge in [0.05, 0.1) is 0 Å². The summed E-state index contributed by atoms with van der Waals surface area (Å²) in [7, 11) is 0. The van der Waals surface area contributed by atoms with Gasteiger partial charge in [0.1, 0.15) is 0 Å². The summed E-state index contributed by atoms with van der Waals surface area (Å²) < 4.78 is 0. The van der Waals surface area contributed by atoms with Crippen molar-refractivity contribution in [3.8, 4) is 0 Å². The van der Waals surface area contributed by atoms with E-state index < -0.39 is 0 Å². The molecule has 19 heavy (non-hydrogen) atoms. The van der Waals surface area contributed by atoms with E-state index in [0.717, 1.165) is 36.8 Å². The van der Waals surface area contributed by atoms with Gasteiger partial charge in [0.25, 0.3) is 0 Å². The number of nitrogens with zero attached hydrogens (tertiary/aromatic N) is 1. The van der Waals surface area contributed by atoms with E-state index in [0.29, 0.717) is 11.8 Å². The van der Waals surface area contributed by atoms with Crippen molar-refractivity contribution in [3.05, 3.63) is 0 Å². The Morgan fingerprint density at radius 3 is 1.79 bits per heavy atom. The van der Waals surface area contributed by atoms with Gasteiger partial charge in [-0.15, -0.1) is 0 Å². The summed E-state index contributed by atoms with van der Waals surface area (Å²) in [5.74, 6) is 4.45. The minimum absolute atomic E-state index is 0.422. The number of rotatable bonds is 1. The third-order valence-electron chi connectivity index (χ3n) is 6.43. The molecule has 0 aromatic carbocycles. The fourth-order valence-electron chi connectivity index (χ4n) is 5.83. The van der Waals surface area contributed by atoms with Gasteiger partial charge in [0.15, 0.2) is 0 Å². The smallest absolute Gasteiger partial charge is 0.226 e. The van der Waals surface area contributed by atoms with Gasteiger partial charge in [-0.05, 0) is 68.6 Å². The van der Waals surface area contributed by atoms with Crippen molar-refractivity contribution >= 4 is 5.91 Å². The van der Waals surface area contributed by atoms with Crippen molar-refractivity contribution in [1.82, 2.24) is 4.90 Å². The van der Waals surface area contributed by atoms with Gasteiger partial charge in [-0.2, -0.15) is 0 Å². The largest absolute Gasteiger partial charge is 0.342 e. The number of amides is 1. The minimum Gasteiger partial charge on any atom is -0.342 e. The van der Waals surface area contributed by atoms with E-state index >= 15 is 0 Å². The molecule has 1 heterocycles. The van der Waals surface area contributed by atoms with Gasteiger partial charge < -0.3 is 4.90 Å². The molecular formula is C17H27NO. The molecule has 0 spiro atoms. The van der Waals surface area contributed by atoms with Crippen LogP contribution in [0.2, 0.25) is 0 Å². The first-order chi connectivity index (χ1) is 9.31. The van der Waals surface area contributed by atoms with Crippen LogP contribution in [-0.4, -0.2) is 23.9 Å². The number of hydrogen-bond acceptors (Lipinski definition) is 1. The zero-order chi connectivity index (χ0) is 12.8. The van der Waals surface area contributed by atoms with E-state index in [2.05, 4.69) is 4.90 Å². The lowest BCUT2D eigenvalue weighted by molar-refractivity contribution is -0.149. The number of carbonyl (C=O) groups excluding carboxylic acids is 1. The highest BCUT2D eigenvalue weighted by molar-refractivity contribution is 5.80. The van der Waals surface area contributed by atoms with Crippen LogP contribution in [0.1, 0.15) is 57.8 Å². The van der Waals surface area contributed by atoms with Crippen molar-refractivity contribution in [3.63, 3.8) is 0 Å². The van der Waals surface area contributed by atoms with Gasteiger partial charge in [-0.1, -0.05) is 12.8 Å². The summed E-state index contributed by atoms with van der Waals surface area (Å²) in [4.78, 5) is 15.2. The molecule has 0 radical (unpaired) electrons. The molecule has 0 aromatic rings. The van der Waals surface area contributed by atoms with Crippen LogP contribution < -0.4 is 0 Å². The van der Waals surface area contributed by atoms with Crippen LogP contribution in [0.15, 0.2) is 0 Å². The molecule has 4 aliphatic carbocycles. The predicted molar refractivity (Wildman–Crippen MR) is 75.6 cm³/mol. The Bertz CT molecular complexity index is 328. The van der Waals surface area contributed by atoms with Gasteiger partial charge >= 0.3 is 0 Å². The maximum Gasteiger partial charge on any atom is 0.226 e. The van der Waals surface area contributed by atoms with Crippen molar-refractivity contribution in [1.29, 1.82) is 0 Å². The van der Waals surface area contributed by atoms with Crippen molar-refractivity contribution in [2.45, 2.75) is 57.8 Å². The van der Waals surface area contributed by atoms with Gasteiger partial charge in [0.2, 0.25) is 5.91 Å². The summed E-state index contributed by atoms with van der Waals surface area (Å²) in [5.41, 5.74) is 0. The zero-order valence-electron chi connectivity index (χ0n) is 12.0. The molecule has 0 N–H and O–H groups in total. The van der Waals surface area contributed by atoms with Crippen LogP contribution in [0.3, 0.4) is 0 Å². The average Bonchev–Trinajstić information content (AvgIpc) is 2.66. The van der Waals surface area contributed by atoms with Gasteiger partial charge in [-0.3, -0.25) is 4.79 Å². The third kappa shape index (κ3) is 2.11. The van der Waals surface area contributed by atoms with E-state index in [9.17, 15) is 4.79 Å². The van der Waals surface area contributed by atoms with Gasteiger partial charge in [0, 0.05) is 19.0 Å². The second-order valence-corrected chi connectivity index (χ2v) is 7.70. The molecule has 2 nitrogen and oxygen atoms in total. The normalized spacial score (nSPS) is 45.3. The van der Waals surface area contributed by atoms with Crippen molar-refractivity contribution < 1.29 is 4.79 Å². The molecule has 1 amide bonds. The van der Waals surface area contributed by atoms with E-state index in [1.54, 1.807) is 0 Å². The fourth-order valence-corrected chi connectivity index (χ4v) is 5.83. The highest BCUT2D eigenvalue weighted by Crippen LogP contribution is 2.56. The van der Waals surface area contributed by atoms with Crippen LogP contribution in [-0.2, 0) is 4.79 Å². The lowest BCUT2D eigenvalue weighted by Gasteiger charge is -2.54. The molecule has 5 aliphatic rings. The lowest BCUT2D eigenvalue weighted by Crippen LogP contribution is -2.52. The molecule has 1 saturated heterocycles. The SMILES string of the molecule is O=C(C1C2CC3CC(C2)CC1C3)N1CCCCCC1. The predicted octanol–water partition coefficient (Wildman–Crippen LogP) is 3.46. The highest BCUT2D eigenvalue weighted by Gasteiger charge is 2.51. The van der Waals surface area contributed by atoms with E-state index in [4.69, 9.17) is 0 Å². The Kier molecular flexibility index (Phi) is 3.08. The molecule has 0 aromatic heterocycles. The summed E-state index contributed by atoms with van der Waals surface area (Å²) in [6, 6.07) is 0. The van der Waals surface area contributed by atoms with Crippen molar-refractivity contribution in [2.24, 2.45) is 29.6 Å². The van der Waals surface area contributed by atoms with Crippen molar-refractivity contribution in [2.75, 3.05) is 13.1 Å². The van der Waals surface area contributed by atoms with Crippen LogP contribution in [0.25, 0.3) is 0 Å². The average molecular weight is 261 g/mol. The Balaban J connectivity index is 1.50. The molecule has 4 saturated carbocycles. The maximum atomic E-state index is 13.0. The van der Waals surface area contributed by atoms with Crippen LogP contribution in [0, 0.1) is 29.6 Å². The van der Waals surface area contributed by atoms with Gasteiger partial charge in [-0.25, -0.2) is 0 Å². The van der Waals surface area contributed by atoms with E-state index in [1.807, 2.05) is 0 Å². The first-order valence-corrected chi connectivity index (χ1v) is 8.60. The first-order valence-electron chi connectivity index (χ1n) is 8.60. The molecule has 0 atom stereocenters. The summed E-state index contributed by atoms with van der Waals surface area (Å²) >= 11 is 0. The maximum absolute atomic E-state index is 13.0. The molecule has 106 valence electrons. The Hall–Kier alpha value is -0.530. The first kappa shape index (κ1) is 12.2. The Morgan fingerprint density at radius 1 is 0.737 bits per heavy atom. The standard InChI is InChI=1S/C17H27NO/c19-17(18-5-3-1-2-4-6-18)16-14-8-12-7-13(10-14)11-15(16)9-12/h12-16H,1-11H2. The summed E-state index contributed by atoms with van der Waals surface area (Å²) in [6.07, 6.45) is 12.1. The third-order valence-corrected chi connectivity index (χ3v) is 6.43. The minimum atomic E-state index is 0.422. The Morgan fingerprint density at radius 2 is 1.26 bits per heavy atom. The monoisotopic (exact) mass is 261 g/mol. The van der Waals surface area contributed by atoms with Crippen LogP contribution >= 0.6 is 0 Å². The molecule has 1 aliphatic heterocycles. The molecule has 4 bridgehead atoms. The highest BCUT2D eigenvalue weighted by atomic mass is 16.2. The van der Waals surface area contributed by atoms with Crippen LogP contribution in [0.5, 0.6) is 0 Å².